The summed E-state index contributed by atoms with van der Waals surface area (Å²) in [4.78, 5) is 0. The molecule has 0 aromatic carbocycles. The van der Waals surface area contributed by atoms with Crippen LogP contribution in [0.1, 0.15) is 19.3 Å². The number of allylic oxidation sites excluding steroid dienone is 8. The van der Waals surface area contributed by atoms with Gasteiger partial charge < -0.3 is 6.42 Å². The Labute approximate surface area is 108 Å². The van der Waals surface area contributed by atoms with Crippen molar-refractivity contribution in [3.8, 4) is 0 Å². The largest absolute Gasteiger partial charge is 2.00 e. The van der Waals surface area contributed by atoms with Crippen LogP contribution in [-0.4, -0.2) is 0 Å². The molecule has 0 nitrogen and oxygen atoms in total. The van der Waals surface area contributed by atoms with E-state index in [0.717, 1.165) is 18.3 Å². The first-order chi connectivity index (χ1) is 6.97. The van der Waals surface area contributed by atoms with Crippen molar-refractivity contribution in [2.24, 2.45) is 11.8 Å². The van der Waals surface area contributed by atoms with Crippen molar-refractivity contribution in [3.63, 3.8) is 0 Å². The van der Waals surface area contributed by atoms with Crippen LogP contribution in [-0.2, 0) is 21.7 Å². The van der Waals surface area contributed by atoms with Crippen LogP contribution >= 0.6 is 0 Å². The van der Waals surface area contributed by atoms with E-state index in [2.05, 4.69) is 42.9 Å². The van der Waals surface area contributed by atoms with E-state index >= 15 is 0 Å². The number of hydrogen-bond donors (Lipinski definition) is 0. The molecule has 2 atom stereocenters. The minimum atomic E-state index is 0. The van der Waals surface area contributed by atoms with Gasteiger partial charge in [0.2, 0.25) is 0 Å². The number of hydrogen-bond acceptors (Lipinski definition) is 0. The second-order valence-electron chi connectivity index (χ2n) is 3.83. The van der Waals surface area contributed by atoms with Crippen LogP contribution in [0, 0.1) is 24.3 Å². The molecule has 0 saturated heterocycles. The Balaban J connectivity index is 0.000000162. The molecule has 0 aliphatic heterocycles. The third kappa shape index (κ3) is 3.97. The summed E-state index contributed by atoms with van der Waals surface area (Å²) in [5.41, 5.74) is 0. The van der Waals surface area contributed by atoms with Crippen molar-refractivity contribution in [2.45, 2.75) is 19.3 Å². The molecule has 0 amide bonds. The van der Waals surface area contributed by atoms with Gasteiger partial charge in [0.15, 0.2) is 0 Å². The predicted molar refractivity (Wildman–Crippen MR) is 60.4 cm³/mol. The van der Waals surface area contributed by atoms with Gasteiger partial charge in [-0.05, 0) is 5.92 Å². The quantitative estimate of drug-likeness (QED) is 0.441. The van der Waals surface area contributed by atoms with Crippen molar-refractivity contribution in [3.05, 3.63) is 55.0 Å². The molecule has 0 spiro atoms. The smallest absolute Gasteiger partial charge is 0.321 e. The van der Waals surface area contributed by atoms with Crippen molar-refractivity contribution < 1.29 is 21.7 Å². The summed E-state index contributed by atoms with van der Waals surface area (Å²) in [6.07, 6.45) is 24.1. The van der Waals surface area contributed by atoms with Crippen molar-refractivity contribution in [1.82, 2.24) is 0 Å². The topological polar surface area (TPSA) is 0 Å². The second-order valence-corrected chi connectivity index (χ2v) is 3.83. The van der Waals surface area contributed by atoms with Crippen LogP contribution in [0.2, 0.25) is 0 Å². The van der Waals surface area contributed by atoms with Crippen molar-refractivity contribution >= 4 is 0 Å². The summed E-state index contributed by atoms with van der Waals surface area (Å²) >= 11 is 0. The predicted octanol–water partition coefficient (Wildman–Crippen LogP) is 3.65. The molecular weight excluding hydrogens is 216 g/mol. The first-order valence-corrected chi connectivity index (χ1v) is 5.37. The Bertz CT molecular complexity index is 256. The minimum absolute atomic E-state index is 0. The van der Waals surface area contributed by atoms with Crippen LogP contribution in [0.5, 0.6) is 0 Å². The zero-order valence-corrected chi connectivity index (χ0v) is 10.5. The monoisotopic (exact) mass is 232 g/mol. The Morgan fingerprint density at radius 1 is 1.13 bits per heavy atom. The molecule has 0 aromatic heterocycles. The maximum Gasteiger partial charge on any atom is 2.00 e. The standard InChI is InChI=1S/C9H11.C5H5.Ti/c1-2-5-9-7-3-6-8(9)4-1;1-2-4-5-3-1;/h1-2,4-6,8-9H,3,7H2;1-3H,4H2;/q2*-1;+2. The molecule has 1 fully saturated rings. The van der Waals surface area contributed by atoms with Crippen LogP contribution in [0.3, 0.4) is 0 Å². The van der Waals surface area contributed by atoms with Crippen LogP contribution in [0.4, 0.5) is 0 Å². The van der Waals surface area contributed by atoms with Gasteiger partial charge in [0.1, 0.15) is 0 Å². The molecule has 1 saturated carbocycles. The van der Waals surface area contributed by atoms with Crippen molar-refractivity contribution in [2.75, 3.05) is 0 Å². The summed E-state index contributed by atoms with van der Waals surface area (Å²) < 4.78 is 0. The van der Waals surface area contributed by atoms with E-state index in [1.165, 1.54) is 12.8 Å². The first-order valence-electron chi connectivity index (χ1n) is 5.37. The first kappa shape index (κ1) is 12.7. The van der Waals surface area contributed by atoms with Crippen LogP contribution in [0.25, 0.3) is 0 Å². The van der Waals surface area contributed by atoms with Gasteiger partial charge in [0, 0.05) is 0 Å². The third-order valence-corrected chi connectivity index (χ3v) is 2.82. The van der Waals surface area contributed by atoms with Crippen LogP contribution in [0.15, 0.2) is 42.5 Å². The fourth-order valence-electron chi connectivity index (χ4n) is 2.03. The van der Waals surface area contributed by atoms with Gasteiger partial charge in [-0.15, -0.1) is 18.4 Å². The average molecular weight is 232 g/mol. The molecule has 0 bridgehead atoms. The molecule has 0 N–H and O–H groups in total. The van der Waals surface area contributed by atoms with Gasteiger partial charge in [0.05, 0.1) is 0 Å². The van der Waals surface area contributed by atoms with Gasteiger partial charge in [-0.2, -0.15) is 12.5 Å². The summed E-state index contributed by atoms with van der Waals surface area (Å²) in [5, 5.41) is 0. The average Bonchev–Trinajstić information content (AvgIpc) is 2.92. The normalized spacial score (nSPS) is 29.3. The van der Waals surface area contributed by atoms with Crippen molar-refractivity contribution in [1.29, 1.82) is 0 Å². The molecule has 2 unspecified atom stereocenters. The van der Waals surface area contributed by atoms with Gasteiger partial charge in [-0.3, -0.25) is 6.08 Å². The summed E-state index contributed by atoms with van der Waals surface area (Å²) in [5.74, 6) is 1.62. The van der Waals surface area contributed by atoms with Crippen LogP contribution < -0.4 is 0 Å². The van der Waals surface area contributed by atoms with E-state index in [1.54, 1.807) is 0 Å². The van der Waals surface area contributed by atoms with E-state index in [-0.39, 0.29) is 21.7 Å². The molecule has 15 heavy (non-hydrogen) atoms. The Hall–Kier alpha value is -0.326. The zero-order valence-electron chi connectivity index (χ0n) is 8.89. The Morgan fingerprint density at radius 2 is 2.00 bits per heavy atom. The van der Waals surface area contributed by atoms with Gasteiger partial charge >= 0.3 is 21.7 Å². The molecule has 0 aromatic rings. The SMILES string of the molecule is C1=CC2[CH-]CCC2C=C1.[C-]1=CC=CC1.[Ti+2]. The van der Waals surface area contributed by atoms with Gasteiger partial charge in [-0.1, -0.05) is 24.6 Å². The maximum absolute atomic E-state index is 2.99. The third-order valence-electron chi connectivity index (χ3n) is 2.82. The van der Waals surface area contributed by atoms with E-state index in [0.29, 0.717) is 0 Å². The molecule has 0 heterocycles. The zero-order chi connectivity index (χ0) is 9.64. The molecule has 3 aliphatic carbocycles. The summed E-state index contributed by atoms with van der Waals surface area (Å²) in [7, 11) is 0. The van der Waals surface area contributed by atoms with Gasteiger partial charge in [-0.25, -0.2) is 12.2 Å². The van der Waals surface area contributed by atoms with E-state index in [4.69, 9.17) is 0 Å². The fraction of sp³-hybridized carbons (Fsp3) is 0.357. The summed E-state index contributed by atoms with van der Waals surface area (Å²) in [6.45, 7) is 0. The number of rotatable bonds is 0. The minimum Gasteiger partial charge on any atom is -0.321 e. The molecule has 1 heteroatoms. The maximum atomic E-state index is 2.99. The van der Waals surface area contributed by atoms with E-state index in [9.17, 15) is 0 Å². The number of fused-ring (bicyclic) bond motifs is 1. The summed E-state index contributed by atoms with van der Waals surface area (Å²) in [6, 6.07) is 0. The van der Waals surface area contributed by atoms with Gasteiger partial charge in [0.25, 0.3) is 0 Å². The van der Waals surface area contributed by atoms with E-state index < -0.39 is 0 Å². The molecular formula is C14H16Ti. The molecule has 0 radical (unpaired) electrons. The Kier molecular flexibility index (Phi) is 5.97. The molecule has 76 valence electrons. The second kappa shape index (κ2) is 7.03. The van der Waals surface area contributed by atoms with E-state index in [1.807, 2.05) is 12.2 Å². The molecule has 3 aliphatic rings. The molecule has 3 rings (SSSR count). The fourth-order valence-corrected chi connectivity index (χ4v) is 2.03. The Morgan fingerprint density at radius 3 is 2.60 bits per heavy atom.